The lowest BCUT2D eigenvalue weighted by molar-refractivity contribution is -0.294. The Morgan fingerprint density at radius 2 is 1.57 bits per heavy atom. The van der Waals surface area contributed by atoms with Gasteiger partial charge in [-0.15, -0.1) is 0 Å². The fraction of sp³-hybridized carbons (Fsp3) is 0.923. The fourth-order valence-corrected chi connectivity index (χ4v) is 8.77. The van der Waals surface area contributed by atoms with Crippen molar-refractivity contribution in [2.24, 2.45) is 46.3 Å². The molecule has 0 saturated heterocycles. The second-order valence-electron chi connectivity index (χ2n) is 12.2. The van der Waals surface area contributed by atoms with Gasteiger partial charge < -0.3 is 20.4 Å². The van der Waals surface area contributed by atoms with Crippen LogP contribution in [0.1, 0.15) is 79.6 Å². The summed E-state index contributed by atoms with van der Waals surface area (Å²) in [5.41, 5.74) is -1.89. The highest BCUT2D eigenvalue weighted by Gasteiger charge is 2.70. The lowest BCUT2D eigenvalue weighted by atomic mass is 9.41. The van der Waals surface area contributed by atoms with Gasteiger partial charge in [-0.3, -0.25) is 0 Å². The minimum Gasteiger partial charge on any atom is -0.393 e. The minimum atomic E-state index is -1.40. The second-order valence-corrected chi connectivity index (χ2v) is 12.2. The normalized spacial score (nSPS) is 54.7. The van der Waals surface area contributed by atoms with Crippen LogP contribution >= 0.6 is 0 Å². The molecule has 4 N–H and O–H groups in total. The molecule has 4 rings (SSSR count). The van der Waals surface area contributed by atoms with E-state index in [0.717, 1.165) is 12.8 Å². The zero-order chi connectivity index (χ0) is 22.1. The average Bonchev–Trinajstić information content (AvgIpc) is 3.01. The maximum Gasteiger partial charge on any atom is 0.101 e. The maximum absolute atomic E-state index is 11.6. The molecule has 0 aliphatic heterocycles. The molecule has 0 spiro atoms. The Morgan fingerprint density at radius 3 is 2.23 bits per heavy atom. The quantitative estimate of drug-likeness (QED) is 0.522. The first-order valence-corrected chi connectivity index (χ1v) is 12.4. The van der Waals surface area contributed by atoms with Crippen molar-refractivity contribution >= 4 is 0 Å². The van der Waals surface area contributed by atoms with Crippen LogP contribution < -0.4 is 0 Å². The van der Waals surface area contributed by atoms with Crippen molar-refractivity contribution in [2.45, 2.75) is 103 Å². The van der Waals surface area contributed by atoms with E-state index in [2.05, 4.69) is 39.8 Å². The van der Waals surface area contributed by atoms with Gasteiger partial charge in [-0.05, 0) is 79.4 Å². The maximum atomic E-state index is 11.6. The zero-order valence-electron chi connectivity index (χ0n) is 19.6. The highest BCUT2D eigenvalue weighted by atomic mass is 16.4. The first kappa shape index (κ1) is 22.8. The van der Waals surface area contributed by atoms with Crippen molar-refractivity contribution in [3.8, 4) is 0 Å². The van der Waals surface area contributed by atoms with E-state index in [1.165, 1.54) is 12.8 Å². The van der Waals surface area contributed by atoms with Crippen LogP contribution in [0.3, 0.4) is 0 Å². The predicted octanol–water partition coefficient (Wildman–Crippen LogP) is 3.91. The van der Waals surface area contributed by atoms with Crippen molar-refractivity contribution < 1.29 is 20.4 Å². The number of rotatable bonds is 3. The lowest BCUT2D eigenvalue weighted by Crippen LogP contribution is -2.72. The molecular formula is C26H44O4. The molecule has 30 heavy (non-hydrogen) atoms. The molecule has 4 saturated carbocycles. The van der Waals surface area contributed by atoms with Crippen molar-refractivity contribution in [1.29, 1.82) is 0 Å². The first-order chi connectivity index (χ1) is 13.9. The van der Waals surface area contributed by atoms with E-state index in [9.17, 15) is 20.4 Å². The highest BCUT2D eigenvalue weighted by molar-refractivity contribution is 5.19. The molecule has 4 nitrogen and oxygen atoms in total. The van der Waals surface area contributed by atoms with Crippen LogP contribution in [-0.2, 0) is 0 Å². The van der Waals surface area contributed by atoms with E-state index in [1.54, 1.807) is 0 Å². The second kappa shape index (κ2) is 7.57. The molecule has 4 heteroatoms. The number of allylic oxidation sites excluding steroid dienone is 2. The summed E-state index contributed by atoms with van der Waals surface area (Å²) < 4.78 is 0. The van der Waals surface area contributed by atoms with Gasteiger partial charge in [-0.2, -0.15) is 0 Å². The first-order valence-electron chi connectivity index (χ1n) is 12.4. The number of aliphatic hydroxyl groups excluding tert-OH is 3. The van der Waals surface area contributed by atoms with E-state index in [-0.39, 0.29) is 17.8 Å². The number of hydrogen-bond donors (Lipinski definition) is 4. The topological polar surface area (TPSA) is 80.9 Å². The molecule has 0 amide bonds. The number of aliphatic hydroxyl groups is 4. The average molecular weight is 421 g/mol. The van der Waals surface area contributed by atoms with Gasteiger partial charge in [0.1, 0.15) is 5.60 Å². The molecule has 0 bridgehead atoms. The van der Waals surface area contributed by atoms with Crippen molar-refractivity contribution in [2.75, 3.05) is 0 Å². The zero-order valence-corrected chi connectivity index (χ0v) is 19.6. The van der Waals surface area contributed by atoms with Gasteiger partial charge in [0, 0.05) is 11.8 Å². The van der Waals surface area contributed by atoms with Crippen molar-refractivity contribution in [1.82, 2.24) is 0 Å². The van der Waals surface area contributed by atoms with Gasteiger partial charge in [-0.1, -0.05) is 46.8 Å². The van der Waals surface area contributed by atoms with Gasteiger partial charge in [0.15, 0.2) is 0 Å². The summed E-state index contributed by atoms with van der Waals surface area (Å²) in [4.78, 5) is 0. The molecule has 4 aliphatic rings. The van der Waals surface area contributed by atoms with Gasteiger partial charge in [-0.25, -0.2) is 0 Å². The summed E-state index contributed by atoms with van der Waals surface area (Å²) in [6, 6.07) is 0. The molecule has 0 aromatic carbocycles. The van der Waals surface area contributed by atoms with Gasteiger partial charge in [0.25, 0.3) is 0 Å². The van der Waals surface area contributed by atoms with Gasteiger partial charge >= 0.3 is 0 Å². The van der Waals surface area contributed by atoms with E-state index < -0.39 is 29.3 Å². The van der Waals surface area contributed by atoms with Crippen molar-refractivity contribution in [3.05, 3.63) is 12.2 Å². The summed E-state index contributed by atoms with van der Waals surface area (Å²) in [5, 5.41) is 44.1. The Kier molecular flexibility index (Phi) is 5.75. The molecule has 11 atom stereocenters. The third kappa shape index (κ3) is 3.08. The van der Waals surface area contributed by atoms with Crippen LogP contribution in [0.15, 0.2) is 12.2 Å². The summed E-state index contributed by atoms with van der Waals surface area (Å²) >= 11 is 0. The molecular weight excluding hydrogens is 376 g/mol. The minimum absolute atomic E-state index is 0.173. The summed E-state index contributed by atoms with van der Waals surface area (Å²) in [6.45, 7) is 11.3. The Morgan fingerprint density at radius 1 is 0.867 bits per heavy atom. The van der Waals surface area contributed by atoms with Gasteiger partial charge in [0.05, 0.1) is 18.3 Å². The van der Waals surface area contributed by atoms with E-state index in [4.69, 9.17) is 0 Å². The Hall–Kier alpha value is -0.420. The molecule has 0 aromatic heterocycles. The Balaban J connectivity index is 1.64. The third-order valence-corrected chi connectivity index (χ3v) is 10.4. The van der Waals surface area contributed by atoms with E-state index in [0.29, 0.717) is 42.4 Å². The number of fused-ring (bicyclic) bond motifs is 5. The van der Waals surface area contributed by atoms with Crippen LogP contribution in [0.5, 0.6) is 0 Å². The van der Waals surface area contributed by atoms with E-state index >= 15 is 0 Å². The lowest BCUT2D eigenvalue weighted by Gasteiger charge is -2.66. The van der Waals surface area contributed by atoms with Crippen LogP contribution in [-0.4, -0.2) is 44.3 Å². The van der Waals surface area contributed by atoms with E-state index in [1.807, 2.05) is 6.92 Å². The number of hydrogen-bond acceptors (Lipinski definition) is 4. The molecule has 4 aliphatic carbocycles. The predicted molar refractivity (Wildman–Crippen MR) is 119 cm³/mol. The summed E-state index contributed by atoms with van der Waals surface area (Å²) in [5.74, 6) is 2.85. The molecule has 11 unspecified atom stereocenters. The molecule has 4 fully saturated rings. The largest absolute Gasteiger partial charge is 0.393 e. The monoisotopic (exact) mass is 420 g/mol. The third-order valence-electron chi connectivity index (χ3n) is 10.4. The summed E-state index contributed by atoms with van der Waals surface area (Å²) in [6.07, 6.45) is 7.95. The van der Waals surface area contributed by atoms with Crippen LogP contribution in [0.4, 0.5) is 0 Å². The smallest absolute Gasteiger partial charge is 0.101 e. The van der Waals surface area contributed by atoms with Crippen molar-refractivity contribution in [3.63, 3.8) is 0 Å². The molecule has 0 aromatic rings. The van der Waals surface area contributed by atoms with Crippen LogP contribution in [0, 0.1) is 46.3 Å². The summed E-state index contributed by atoms with van der Waals surface area (Å²) in [7, 11) is 0. The van der Waals surface area contributed by atoms with Gasteiger partial charge in [0.2, 0.25) is 0 Å². The Labute approximate surface area is 182 Å². The molecule has 0 heterocycles. The highest BCUT2D eigenvalue weighted by Crippen LogP contribution is 2.69. The Bertz CT molecular complexity index is 676. The standard InChI is InChI=1S/C26H44O4/c1-15(2)6-7-16(3)19-8-9-20-18-13-23(29)26(30)14-17(27)12-22(28)25(26,5)21(18)10-11-24(19,20)4/h6-7,15-23,27-30H,8-14H2,1-5H3. The SMILES string of the molecule is CC(C)C=CC(C)C1CCC2C3CC(O)C4(O)CC(O)CC(O)C4(C)C3CCC12C. The fourth-order valence-electron chi connectivity index (χ4n) is 8.77. The van der Waals surface area contributed by atoms with Crippen LogP contribution in [0.25, 0.3) is 0 Å². The van der Waals surface area contributed by atoms with Crippen LogP contribution in [0.2, 0.25) is 0 Å². The molecule has 0 radical (unpaired) electrons. The molecule has 172 valence electrons.